The van der Waals surface area contributed by atoms with E-state index >= 15 is 0 Å². The van der Waals surface area contributed by atoms with E-state index in [2.05, 4.69) is 15.1 Å². The van der Waals surface area contributed by atoms with E-state index in [0.29, 0.717) is 12.4 Å². The molecular weight excluding hydrogens is 222 g/mol. The predicted octanol–water partition coefficient (Wildman–Crippen LogP) is -0.559. The molecule has 7 heteroatoms. The topological polar surface area (TPSA) is 88.5 Å². The lowest BCUT2D eigenvalue weighted by atomic mass is 10.3. The fourth-order valence-corrected chi connectivity index (χ4v) is 1.82. The minimum Gasteiger partial charge on any atom is -0.417 e. The summed E-state index contributed by atoms with van der Waals surface area (Å²) in [6.07, 6.45) is 0.453. The van der Waals surface area contributed by atoms with Gasteiger partial charge >= 0.3 is 11.8 Å². The molecule has 1 amide bonds. The lowest BCUT2D eigenvalue weighted by Gasteiger charge is -2.24. The average molecular weight is 239 g/mol. The molecule has 0 radical (unpaired) electrons. The largest absolute Gasteiger partial charge is 0.417 e. The lowest BCUT2D eigenvalue weighted by molar-refractivity contribution is 0.0650. The molecule has 0 bridgehead atoms. The first-order valence-corrected chi connectivity index (χ1v) is 5.63. The molecule has 1 fully saturated rings. The van der Waals surface area contributed by atoms with Gasteiger partial charge in [-0.2, -0.15) is 0 Å². The van der Waals surface area contributed by atoms with Crippen LogP contribution >= 0.6 is 0 Å². The van der Waals surface area contributed by atoms with Crippen molar-refractivity contribution in [3.63, 3.8) is 0 Å². The summed E-state index contributed by atoms with van der Waals surface area (Å²) in [5.41, 5.74) is 5.97. The molecule has 1 aliphatic rings. The zero-order valence-electron chi connectivity index (χ0n) is 10.1. The smallest absolute Gasteiger partial charge is 0.312 e. The first kappa shape index (κ1) is 12.0. The summed E-state index contributed by atoms with van der Waals surface area (Å²) in [7, 11) is 2.01. The van der Waals surface area contributed by atoms with Crippen LogP contribution in [0.3, 0.4) is 0 Å². The number of nitrogens with two attached hydrogens (primary N) is 1. The van der Waals surface area contributed by atoms with Crippen molar-refractivity contribution in [1.29, 1.82) is 0 Å². The van der Waals surface area contributed by atoms with Crippen LogP contribution in [0.25, 0.3) is 0 Å². The Morgan fingerprint density at radius 3 is 2.82 bits per heavy atom. The number of hydrogen-bond donors (Lipinski definition) is 1. The lowest BCUT2D eigenvalue weighted by Crippen LogP contribution is -2.46. The molecule has 2 N–H and O–H groups in total. The van der Waals surface area contributed by atoms with Crippen LogP contribution in [0, 0.1) is 6.92 Å². The van der Waals surface area contributed by atoms with E-state index in [1.807, 2.05) is 7.05 Å². The average Bonchev–Trinajstić information content (AvgIpc) is 2.65. The molecule has 2 rings (SSSR count). The van der Waals surface area contributed by atoms with Gasteiger partial charge in [0.1, 0.15) is 0 Å². The SMILES string of the molecule is Cc1nnc(C(=O)N2CCN(C)CCC2N)o1. The summed E-state index contributed by atoms with van der Waals surface area (Å²) in [5.74, 6) is 0.116. The van der Waals surface area contributed by atoms with Gasteiger partial charge in [0.2, 0.25) is 5.89 Å². The highest BCUT2D eigenvalue weighted by atomic mass is 16.4. The number of amides is 1. The van der Waals surface area contributed by atoms with Crippen LogP contribution in [-0.4, -0.2) is 58.8 Å². The van der Waals surface area contributed by atoms with E-state index in [0.717, 1.165) is 19.5 Å². The zero-order chi connectivity index (χ0) is 12.4. The van der Waals surface area contributed by atoms with Crippen LogP contribution in [0.15, 0.2) is 4.42 Å². The number of aryl methyl sites for hydroxylation is 1. The van der Waals surface area contributed by atoms with E-state index in [1.54, 1.807) is 11.8 Å². The molecule has 0 spiro atoms. The second-order valence-electron chi connectivity index (χ2n) is 4.28. The van der Waals surface area contributed by atoms with Crippen LogP contribution in [0.2, 0.25) is 0 Å². The summed E-state index contributed by atoms with van der Waals surface area (Å²) in [4.78, 5) is 15.9. The Morgan fingerprint density at radius 2 is 2.18 bits per heavy atom. The third-order valence-electron chi connectivity index (χ3n) is 2.90. The van der Waals surface area contributed by atoms with Gasteiger partial charge in [-0.05, 0) is 13.5 Å². The van der Waals surface area contributed by atoms with Gasteiger partial charge < -0.3 is 20.0 Å². The quantitative estimate of drug-likeness (QED) is 0.706. The Morgan fingerprint density at radius 1 is 1.41 bits per heavy atom. The molecule has 1 saturated heterocycles. The van der Waals surface area contributed by atoms with Crippen molar-refractivity contribution in [2.24, 2.45) is 5.73 Å². The Hall–Kier alpha value is -1.47. The minimum atomic E-state index is -0.292. The fraction of sp³-hybridized carbons (Fsp3) is 0.700. The first-order valence-electron chi connectivity index (χ1n) is 5.63. The summed E-state index contributed by atoms with van der Waals surface area (Å²) < 4.78 is 5.13. The maximum atomic E-state index is 12.1. The molecule has 1 aliphatic heterocycles. The van der Waals surface area contributed by atoms with Crippen molar-refractivity contribution in [3.05, 3.63) is 11.8 Å². The molecule has 0 saturated carbocycles. The van der Waals surface area contributed by atoms with Crippen molar-refractivity contribution in [2.45, 2.75) is 19.5 Å². The molecule has 2 heterocycles. The zero-order valence-corrected chi connectivity index (χ0v) is 10.1. The van der Waals surface area contributed by atoms with E-state index < -0.39 is 0 Å². The first-order chi connectivity index (χ1) is 8.08. The van der Waals surface area contributed by atoms with E-state index in [1.165, 1.54) is 0 Å². The van der Waals surface area contributed by atoms with Crippen molar-refractivity contribution < 1.29 is 9.21 Å². The molecule has 0 aromatic carbocycles. The molecule has 1 atom stereocenters. The van der Waals surface area contributed by atoms with Gasteiger partial charge in [-0.25, -0.2) is 0 Å². The van der Waals surface area contributed by atoms with Crippen molar-refractivity contribution in [2.75, 3.05) is 26.7 Å². The van der Waals surface area contributed by atoms with Gasteiger partial charge in [0.25, 0.3) is 0 Å². The van der Waals surface area contributed by atoms with Crippen molar-refractivity contribution in [3.8, 4) is 0 Å². The normalized spacial score (nSPS) is 22.5. The number of carbonyl (C=O) groups is 1. The number of nitrogens with zero attached hydrogens (tertiary/aromatic N) is 4. The van der Waals surface area contributed by atoms with Crippen LogP contribution in [-0.2, 0) is 0 Å². The van der Waals surface area contributed by atoms with Crippen LogP contribution < -0.4 is 5.73 Å². The maximum Gasteiger partial charge on any atom is 0.312 e. The van der Waals surface area contributed by atoms with Gasteiger partial charge in [0.15, 0.2) is 0 Å². The standard InChI is InChI=1S/C10H17N5O2/c1-7-12-13-9(17-7)10(16)15-6-5-14(2)4-3-8(15)11/h8H,3-6,11H2,1-2H3. The molecule has 1 unspecified atom stereocenters. The number of aromatic nitrogens is 2. The Kier molecular flexibility index (Phi) is 3.39. The van der Waals surface area contributed by atoms with Crippen LogP contribution in [0.4, 0.5) is 0 Å². The summed E-state index contributed by atoms with van der Waals surface area (Å²) in [6.45, 7) is 3.91. The van der Waals surface area contributed by atoms with Crippen LogP contribution in [0.5, 0.6) is 0 Å². The number of rotatable bonds is 1. The maximum absolute atomic E-state index is 12.1. The van der Waals surface area contributed by atoms with E-state index in [-0.39, 0.29) is 18.0 Å². The molecule has 1 aromatic heterocycles. The Balaban J connectivity index is 2.12. The number of carbonyl (C=O) groups excluding carboxylic acids is 1. The molecule has 17 heavy (non-hydrogen) atoms. The summed E-state index contributed by atoms with van der Waals surface area (Å²) >= 11 is 0. The highest BCUT2D eigenvalue weighted by Gasteiger charge is 2.28. The van der Waals surface area contributed by atoms with Gasteiger partial charge in [-0.3, -0.25) is 4.79 Å². The summed E-state index contributed by atoms with van der Waals surface area (Å²) in [6, 6.07) is 0. The minimum absolute atomic E-state index is 0.0162. The highest BCUT2D eigenvalue weighted by Crippen LogP contribution is 2.10. The Bertz CT molecular complexity index is 405. The third kappa shape index (κ3) is 2.62. The number of likely N-dealkylation sites (N-methyl/N-ethyl adjacent to an activating group) is 1. The van der Waals surface area contributed by atoms with Crippen molar-refractivity contribution >= 4 is 5.91 Å². The second kappa shape index (κ2) is 4.80. The van der Waals surface area contributed by atoms with Crippen molar-refractivity contribution in [1.82, 2.24) is 20.0 Å². The van der Waals surface area contributed by atoms with Gasteiger partial charge in [0.05, 0.1) is 6.17 Å². The molecule has 1 aromatic rings. The fourth-order valence-electron chi connectivity index (χ4n) is 1.82. The third-order valence-corrected chi connectivity index (χ3v) is 2.90. The molecule has 7 nitrogen and oxygen atoms in total. The molecular formula is C10H17N5O2. The summed E-state index contributed by atoms with van der Waals surface area (Å²) in [5, 5.41) is 7.38. The van der Waals surface area contributed by atoms with Gasteiger partial charge in [0, 0.05) is 26.6 Å². The molecule has 0 aliphatic carbocycles. The molecule has 94 valence electrons. The predicted molar refractivity (Wildman–Crippen MR) is 60.2 cm³/mol. The van der Waals surface area contributed by atoms with E-state index in [9.17, 15) is 4.79 Å². The highest BCUT2D eigenvalue weighted by molar-refractivity contribution is 5.89. The number of hydrogen-bond acceptors (Lipinski definition) is 6. The van der Waals surface area contributed by atoms with Gasteiger partial charge in [-0.1, -0.05) is 0 Å². The van der Waals surface area contributed by atoms with E-state index in [4.69, 9.17) is 10.2 Å². The Labute approximate surface area is 99.6 Å². The second-order valence-corrected chi connectivity index (χ2v) is 4.28. The monoisotopic (exact) mass is 239 g/mol. The van der Waals surface area contributed by atoms with Crippen LogP contribution in [0.1, 0.15) is 23.0 Å². The van der Waals surface area contributed by atoms with Gasteiger partial charge in [-0.15, -0.1) is 10.2 Å².